The van der Waals surface area contributed by atoms with Gasteiger partial charge >= 0.3 is 18.0 Å². The Morgan fingerprint density at radius 2 is 1.17 bits per heavy atom. The van der Waals surface area contributed by atoms with Crippen molar-refractivity contribution in [2.75, 3.05) is 5.33 Å². The van der Waals surface area contributed by atoms with Crippen molar-refractivity contribution in [2.24, 2.45) is 0 Å². The van der Waals surface area contributed by atoms with Crippen LogP contribution < -0.4 is 0 Å². The van der Waals surface area contributed by atoms with Gasteiger partial charge in [-0.2, -0.15) is 30.7 Å². The summed E-state index contributed by atoms with van der Waals surface area (Å²) in [6.07, 6.45) is -6.23. The summed E-state index contributed by atoms with van der Waals surface area (Å²) in [5.41, 5.74) is 0. The maximum Gasteiger partial charge on any atom is 0.459 e. The first kappa shape index (κ1) is 12.0. The van der Waals surface area contributed by atoms with Gasteiger partial charge in [-0.1, -0.05) is 15.9 Å². The minimum atomic E-state index is -6.23. The molecule has 0 nitrogen and oxygen atoms in total. The molecule has 0 aromatic rings. The van der Waals surface area contributed by atoms with Crippen molar-refractivity contribution in [3.8, 4) is 0 Å². The first-order valence-corrected chi connectivity index (χ1v) is 3.57. The second kappa shape index (κ2) is 3.04. The lowest BCUT2D eigenvalue weighted by Gasteiger charge is -2.26. The maximum atomic E-state index is 11.9. The van der Waals surface area contributed by atoms with Gasteiger partial charge in [0, 0.05) is 0 Å². The minimum absolute atomic E-state index is 1.74. The van der Waals surface area contributed by atoms with Crippen molar-refractivity contribution in [3.63, 3.8) is 0 Å². The molecule has 8 heteroatoms. The second-order valence-electron chi connectivity index (χ2n) is 1.91. The summed E-state index contributed by atoms with van der Waals surface area (Å²) in [6.45, 7) is 0. The molecule has 0 aromatic heterocycles. The lowest BCUT2D eigenvalue weighted by atomic mass is 10.2. The van der Waals surface area contributed by atoms with Crippen molar-refractivity contribution in [1.82, 2.24) is 0 Å². The topological polar surface area (TPSA) is 0 Å². The first-order valence-electron chi connectivity index (χ1n) is 2.44. The fourth-order valence-electron chi connectivity index (χ4n) is 0.291. The van der Waals surface area contributed by atoms with E-state index in [9.17, 15) is 30.7 Å². The zero-order valence-corrected chi connectivity index (χ0v) is 6.82. The normalized spacial score (nSPS) is 15.0. The second-order valence-corrected chi connectivity index (χ2v) is 2.47. The highest BCUT2D eigenvalue weighted by Gasteiger charge is 2.72. The van der Waals surface area contributed by atoms with Crippen molar-refractivity contribution < 1.29 is 30.7 Å². The molecule has 0 rings (SSSR count). The predicted octanol–water partition coefficient (Wildman–Crippen LogP) is 3.21. The van der Waals surface area contributed by atoms with Crippen LogP contribution in [-0.4, -0.2) is 23.4 Å². The Bertz CT molecular complexity index is 159. The zero-order chi connectivity index (χ0) is 10.2. The van der Waals surface area contributed by atoms with Gasteiger partial charge in [0.15, 0.2) is 0 Å². The lowest BCUT2D eigenvalue weighted by Crippen LogP contribution is -2.52. The van der Waals surface area contributed by atoms with E-state index in [1.807, 2.05) is 15.9 Å². The smallest absolute Gasteiger partial charge is 0.199 e. The number of halogens is 8. The summed E-state index contributed by atoms with van der Waals surface area (Å²) in [4.78, 5) is 0. The Kier molecular flexibility index (Phi) is 3.04. The lowest BCUT2D eigenvalue weighted by molar-refractivity contribution is -0.348. The Morgan fingerprint density at radius 3 is 1.25 bits per heavy atom. The van der Waals surface area contributed by atoms with Gasteiger partial charge in [-0.05, 0) is 0 Å². The molecule has 0 amide bonds. The van der Waals surface area contributed by atoms with Crippen molar-refractivity contribution in [3.05, 3.63) is 0 Å². The largest absolute Gasteiger partial charge is 0.459 e. The molecule has 0 radical (unpaired) electrons. The highest BCUT2D eigenvalue weighted by Crippen LogP contribution is 2.46. The average molecular weight is 263 g/mol. The molecule has 74 valence electrons. The number of hydrogen-bond acceptors (Lipinski definition) is 0. The standard InChI is InChI=1S/C4H2BrF7/c5-1-2(6,7)3(8,9)4(10,11)12/h1H2. The van der Waals surface area contributed by atoms with Gasteiger partial charge in [0.25, 0.3) is 0 Å². The fraction of sp³-hybridized carbons (Fsp3) is 1.00. The fourth-order valence-corrected chi connectivity index (χ4v) is 0.643. The van der Waals surface area contributed by atoms with E-state index in [0.717, 1.165) is 0 Å². The van der Waals surface area contributed by atoms with E-state index in [0.29, 0.717) is 0 Å². The third-order valence-electron chi connectivity index (χ3n) is 0.983. The number of hydrogen-bond donors (Lipinski definition) is 0. The summed E-state index contributed by atoms with van der Waals surface area (Å²) in [7, 11) is 0. The molecule has 0 heterocycles. The minimum Gasteiger partial charge on any atom is -0.199 e. The highest BCUT2D eigenvalue weighted by atomic mass is 79.9. The van der Waals surface area contributed by atoms with E-state index in [2.05, 4.69) is 0 Å². The van der Waals surface area contributed by atoms with E-state index in [-0.39, 0.29) is 0 Å². The molecule has 12 heavy (non-hydrogen) atoms. The summed E-state index contributed by atoms with van der Waals surface area (Å²) in [5.74, 6) is -11.1. The van der Waals surface area contributed by atoms with Gasteiger partial charge in [0.05, 0.1) is 5.33 Å². The molecule has 0 N–H and O–H groups in total. The monoisotopic (exact) mass is 262 g/mol. The van der Waals surface area contributed by atoms with Gasteiger partial charge in [0.2, 0.25) is 0 Å². The Morgan fingerprint density at radius 1 is 0.833 bits per heavy atom. The summed E-state index contributed by atoms with van der Waals surface area (Å²) in [5, 5.41) is -1.74. The molecule has 0 aliphatic rings. The molecule has 0 spiro atoms. The molecule has 0 aromatic carbocycles. The maximum absolute atomic E-state index is 11.9. The molecule has 0 saturated carbocycles. The van der Waals surface area contributed by atoms with Gasteiger partial charge in [0.1, 0.15) is 0 Å². The molecule has 0 unspecified atom stereocenters. The van der Waals surface area contributed by atoms with E-state index < -0.39 is 23.4 Å². The summed E-state index contributed by atoms with van der Waals surface area (Å²) in [6, 6.07) is 0. The number of rotatable bonds is 2. The van der Waals surface area contributed by atoms with E-state index in [1.165, 1.54) is 0 Å². The zero-order valence-electron chi connectivity index (χ0n) is 5.23. The van der Waals surface area contributed by atoms with Crippen LogP contribution in [0.15, 0.2) is 0 Å². The molecule has 0 aliphatic carbocycles. The van der Waals surface area contributed by atoms with E-state index >= 15 is 0 Å². The van der Waals surface area contributed by atoms with Gasteiger partial charge in [-0.15, -0.1) is 0 Å². The van der Waals surface area contributed by atoms with Crippen molar-refractivity contribution in [2.45, 2.75) is 18.0 Å². The molecule has 0 saturated heterocycles. The third-order valence-corrected chi connectivity index (χ3v) is 1.69. The van der Waals surface area contributed by atoms with Crippen LogP contribution in [0.5, 0.6) is 0 Å². The van der Waals surface area contributed by atoms with E-state index in [4.69, 9.17) is 0 Å². The average Bonchev–Trinajstić information content (AvgIpc) is 1.85. The van der Waals surface area contributed by atoms with Gasteiger partial charge < -0.3 is 0 Å². The van der Waals surface area contributed by atoms with Crippen LogP contribution in [0, 0.1) is 0 Å². The van der Waals surface area contributed by atoms with Gasteiger partial charge in [-0.3, -0.25) is 0 Å². The van der Waals surface area contributed by atoms with Crippen molar-refractivity contribution in [1.29, 1.82) is 0 Å². The van der Waals surface area contributed by atoms with Gasteiger partial charge in [-0.25, -0.2) is 0 Å². The Hall–Kier alpha value is -0.0100. The quantitative estimate of drug-likeness (QED) is 0.530. The molecular weight excluding hydrogens is 261 g/mol. The van der Waals surface area contributed by atoms with Crippen LogP contribution >= 0.6 is 15.9 Å². The predicted molar refractivity (Wildman–Crippen MR) is 29.7 cm³/mol. The summed E-state index contributed by atoms with van der Waals surface area (Å²) >= 11 is 1.87. The molecule has 0 atom stereocenters. The molecule has 0 aliphatic heterocycles. The molecule has 0 bridgehead atoms. The Labute approximate surface area is 70.9 Å². The highest BCUT2D eigenvalue weighted by molar-refractivity contribution is 9.09. The third kappa shape index (κ3) is 1.83. The number of alkyl halides is 8. The van der Waals surface area contributed by atoms with Crippen LogP contribution in [0.25, 0.3) is 0 Å². The van der Waals surface area contributed by atoms with Crippen LogP contribution in [0.1, 0.15) is 0 Å². The van der Waals surface area contributed by atoms with Crippen LogP contribution in [0.2, 0.25) is 0 Å². The Balaban J connectivity index is 4.85. The van der Waals surface area contributed by atoms with Crippen LogP contribution in [0.3, 0.4) is 0 Å². The molecule has 0 fully saturated rings. The van der Waals surface area contributed by atoms with Crippen LogP contribution in [-0.2, 0) is 0 Å². The summed E-state index contributed by atoms with van der Waals surface area (Å²) < 4.78 is 81.2. The molecular formula is C4H2BrF7. The van der Waals surface area contributed by atoms with Crippen LogP contribution in [0.4, 0.5) is 30.7 Å². The van der Waals surface area contributed by atoms with E-state index in [1.54, 1.807) is 0 Å². The SMILES string of the molecule is FC(F)(F)C(F)(F)C(F)(F)CBr. The van der Waals surface area contributed by atoms with Crippen molar-refractivity contribution >= 4 is 15.9 Å². The first-order chi connectivity index (χ1) is 5.06.